The van der Waals surface area contributed by atoms with E-state index in [9.17, 15) is 5.11 Å². The standard InChI is InChI=1S/C15H34N2O3/c1-6-19-9-10-20-12-15(18)11-16-7-8-17(13(2)3)14(4)5/h13-16,18H,6-12H2,1-5H3. The number of hydrogen-bond donors (Lipinski definition) is 2. The summed E-state index contributed by atoms with van der Waals surface area (Å²) in [5.74, 6) is 0. The number of nitrogens with one attached hydrogen (secondary N) is 1. The van der Waals surface area contributed by atoms with Gasteiger partial charge in [-0.05, 0) is 34.6 Å². The van der Waals surface area contributed by atoms with Gasteiger partial charge in [-0.25, -0.2) is 0 Å². The van der Waals surface area contributed by atoms with Crippen LogP contribution in [-0.4, -0.2) is 74.3 Å². The maximum Gasteiger partial charge on any atom is 0.0897 e. The first-order chi connectivity index (χ1) is 9.49. The molecule has 0 spiro atoms. The number of nitrogens with zero attached hydrogens (tertiary/aromatic N) is 1. The summed E-state index contributed by atoms with van der Waals surface area (Å²) in [5, 5.41) is 13.0. The van der Waals surface area contributed by atoms with Crippen LogP contribution >= 0.6 is 0 Å². The Hall–Kier alpha value is -0.200. The number of aliphatic hydroxyl groups excluding tert-OH is 1. The Bertz CT molecular complexity index is 205. The molecule has 0 aliphatic carbocycles. The van der Waals surface area contributed by atoms with Gasteiger partial charge in [0.2, 0.25) is 0 Å². The van der Waals surface area contributed by atoms with Gasteiger partial charge < -0.3 is 19.9 Å². The van der Waals surface area contributed by atoms with E-state index in [1.165, 1.54) is 0 Å². The highest BCUT2D eigenvalue weighted by Crippen LogP contribution is 2.03. The van der Waals surface area contributed by atoms with Gasteiger partial charge in [0, 0.05) is 38.3 Å². The number of ether oxygens (including phenoxy) is 2. The second kappa shape index (κ2) is 12.5. The van der Waals surface area contributed by atoms with Crippen molar-refractivity contribution in [3.8, 4) is 0 Å². The first kappa shape index (κ1) is 19.8. The molecule has 20 heavy (non-hydrogen) atoms. The summed E-state index contributed by atoms with van der Waals surface area (Å²) < 4.78 is 10.5. The SMILES string of the molecule is CCOCCOCC(O)CNCCN(C(C)C)C(C)C. The Morgan fingerprint density at radius 3 is 2.20 bits per heavy atom. The van der Waals surface area contributed by atoms with Crippen molar-refractivity contribution >= 4 is 0 Å². The molecule has 0 radical (unpaired) electrons. The molecule has 0 aromatic rings. The predicted molar refractivity (Wildman–Crippen MR) is 83.2 cm³/mol. The van der Waals surface area contributed by atoms with Crippen LogP contribution in [0.2, 0.25) is 0 Å². The highest BCUT2D eigenvalue weighted by atomic mass is 16.5. The summed E-state index contributed by atoms with van der Waals surface area (Å²) in [5.41, 5.74) is 0. The van der Waals surface area contributed by atoms with E-state index >= 15 is 0 Å². The quantitative estimate of drug-likeness (QED) is 0.498. The Balaban J connectivity index is 3.53. The van der Waals surface area contributed by atoms with Crippen LogP contribution in [0.5, 0.6) is 0 Å². The van der Waals surface area contributed by atoms with Crippen LogP contribution in [0.4, 0.5) is 0 Å². The molecule has 0 aliphatic rings. The minimum atomic E-state index is -0.455. The molecule has 0 bridgehead atoms. The Morgan fingerprint density at radius 2 is 1.65 bits per heavy atom. The fraction of sp³-hybridized carbons (Fsp3) is 1.00. The average Bonchev–Trinajstić information content (AvgIpc) is 2.37. The number of rotatable bonds is 13. The Labute approximate surface area is 124 Å². The van der Waals surface area contributed by atoms with Gasteiger partial charge in [0.15, 0.2) is 0 Å². The van der Waals surface area contributed by atoms with Crippen molar-refractivity contribution in [3.63, 3.8) is 0 Å². The minimum Gasteiger partial charge on any atom is -0.389 e. The van der Waals surface area contributed by atoms with Crippen molar-refractivity contribution in [1.29, 1.82) is 0 Å². The molecule has 2 N–H and O–H groups in total. The fourth-order valence-electron chi connectivity index (χ4n) is 2.13. The van der Waals surface area contributed by atoms with Crippen LogP contribution < -0.4 is 5.32 Å². The van der Waals surface area contributed by atoms with Crippen LogP contribution in [0.15, 0.2) is 0 Å². The molecule has 122 valence electrons. The van der Waals surface area contributed by atoms with Crippen LogP contribution in [0, 0.1) is 0 Å². The third-order valence-corrected chi connectivity index (χ3v) is 3.14. The van der Waals surface area contributed by atoms with Gasteiger partial charge in [-0.15, -0.1) is 0 Å². The molecule has 0 fully saturated rings. The van der Waals surface area contributed by atoms with E-state index in [0.29, 0.717) is 45.1 Å². The molecule has 0 heterocycles. The summed E-state index contributed by atoms with van der Waals surface area (Å²) in [7, 11) is 0. The maximum atomic E-state index is 9.75. The van der Waals surface area contributed by atoms with Gasteiger partial charge in [-0.2, -0.15) is 0 Å². The lowest BCUT2D eigenvalue weighted by Gasteiger charge is -2.30. The zero-order valence-electron chi connectivity index (χ0n) is 13.9. The van der Waals surface area contributed by atoms with Gasteiger partial charge in [-0.1, -0.05) is 0 Å². The molecule has 0 saturated heterocycles. The predicted octanol–water partition coefficient (Wildman–Crippen LogP) is 1.11. The summed E-state index contributed by atoms with van der Waals surface area (Å²) in [6.45, 7) is 15.4. The summed E-state index contributed by atoms with van der Waals surface area (Å²) >= 11 is 0. The third kappa shape index (κ3) is 10.6. The van der Waals surface area contributed by atoms with Gasteiger partial charge >= 0.3 is 0 Å². The van der Waals surface area contributed by atoms with Crippen molar-refractivity contribution < 1.29 is 14.6 Å². The maximum absolute atomic E-state index is 9.75. The van der Waals surface area contributed by atoms with Crippen LogP contribution in [-0.2, 0) is 9.47 Å². The molecule has 5 nitrogen and oxygen atoms in total. The van der Waals surface area contributed by atoms with Crippen LogP contribution in [0.1, 0.15) is 34.6 Å². The first-order valence-corrected chi connectivity index (χ1v) is 7.79. The van der Waals surface area contributed by atoms with Gasteiger partial charge in [0.05, 0.1) is 25.9 Å². The molecule has 1 atom stereocenters. The molecular weight excluding hydrogens is 256 g/mol. The zero-order chi connectivity index (χ0) is 15.4. The lowest BCUT2D eigenvalue weighted by Crippen LogP contribution is -2.42. The Morgan fingerprint density at radius 1 is 1.05 bits per heavy atom. The number of aliphatic hydroxyl groups is 1. The van der Waals surface area contributed by atoms with Gasteiger partial charge in [0.1, 0.15) is 0 Å². The van der Waals surface area contributed by atoms with E-state index in [4.69, 9.17) is 9.47 Å². The van der Waals surface area contributed by atoms with Crippen molar-refractivity contribution in [2.24, 2.45) is 0 Å². The molecule has 1 unspecified atom stereocenters. The summed E-state index contributed by atoms with van der Waals surface area (Å²) in [6.07, 6.45) is -0.455. The lowest BCUT2D eigenvalue weighted by molar-refractivity contribution is 0.00630. The summed E-state index contributed by atoms with van der Waals surface area (Å²) in [6, 6.07) is 1.09. The zero-order valence-corrected chi connectivity index (χ0v) is 13.9. The van der Waals surface area contributed by atoms with Crippen LogP contribution in [0.3, 0.4) is 0 Å². The first-order valence-electron chi connectivity index (χ1n) is 7.79. The van der Waals surface area contributed by atoms with Crippen molar-refractivity contribution in [3.05, 3.63) is 0 Å². The Kier molecular flexibility index (Phi) is 12.4. The molecule has 0 aliphatic heterocycles. The smallest absolute Gasteiger partial charge is 0.0897 e. The second-order valence-electron chi connectivity index (χ2n) is 5.56. The highest BCUT2D eigenvalue weighted by Gasteiger charge is 2.12. The van der Waals surface area contributed by atoms with E-state index in [-0.39, 0.29) is 0 Å². The molecule has 5 heteroatoms. The topological polar surface area (TPSA) is 54.0 Å². The second-order valence-corrected chi connectivity index (χ2v) is 5.56. The van der Waals surface area contributed by atoms with E-state index < -0.39 is 6.10 Å². The molecule has 0 rings (SSSR count). The largest absolute Gasteiger partial charge is 0.389 e. The fourth-order valence-corrected chi connectivity index (χ4v) is 2.13. The van der Waals surface area contributed by atoms with E-state index in [0.717, 1.165) is 13.1 Å². The van der Waals surface area contributed by atoms with E-state index in [1.807, 2.05) is 6.92 Å². The molecule has 0 saturated carbocycles. The normalized spacial score (nSPS) is 13.7. The molecular formula is C15H34N2O3. The molecule has 0 amide bonds. The molecule has 0 aromatic carbocycles. The van der Waals surface area contributed by atoms with Gasteiger partial charge in [0.25, 0.3) is 0 Å². The lowest BCUT2D eigenvalue weighted by atomic mass is 10.2. The van der Waals surface area contributed by atoms with Crippen molar-refractivity contribution in [1.82, 2.24) is 10.2 Å². The monoisotopic (exact) mass is 290 g/mol. The average molecular weight is 290 g/mol. The van der Waals surface area contributed by atoms with Gasteiger partial charge in [-0.3, -0.25) is 4.90 Å². The molecule has 0 aromatic heterocycles. The third-order valence-electron chi connectivity index (χ3n) is 3.14. The van der Waals surface area contributed by atoms with Crippen molar-refractivity contribution in [2.75, 3.05) is 46.1 Å². The summed E-state index contributed by atoms with van der Waals surface area (Å²) in [4.78, 5) is 2.43. The minimum absolute atomic E-state index is 0.359. The van der Waals surface area contributed by atoms with Crippen molar-refractivity contribution in [2.45, 2.75) is 52.8 Å². The van der Waals surface area contributed by atoms with E-state index in [2.05, 4.69) is 37.9 Å². The highest BCUT2D eigenvalue weighted by molar-refractivity contribution is 4.69. The van der Waals surface area contributed by atoms with E-state index in [1.54, 1.807) is 0 Å². The van der Waals surface area contributed by atoms with Crippen LogP contribution in [0.25, 0.3) is 0 Å². The number of hydrogen-bond acceptors (Lipinski definition) is 5.